The van der Waals surface area contributed by atoms with Crippen LogP contribution in [0.25, 0.3) is 0 Å². The average Bonchev–Trinajstić information content (AvgIpc) is 2.79. The Morgan fingerprint density at radius 2 is 2.28 bits per heavy atom. The van der Waals surface area contributed by atoms with Crippen molar-refractivity contribution in [3.8, 4) is 5.75 Å². The van der Waals surface area contributed by atoms with E-state index in [-0.39, 0.29) is 23.3 Å². The Labute approximate surface area is 104 Å². The van der Waals surface area contributed by atoms with Crippen molar-refractivity contribution >= 4 is 24.1 Å². The number of carbonyl (C=O) groups excluding carboxylic acids is 2. The smallest absolute Gasteiger partial charge is 0.256 e. The standard InChI is InChI=1S/C13H12N2O3/c16-7-8-4-10-11(5-12(8)17)14-6-9-2-1-3-15(9)13(10)18/h4-7,9,17H,1-3H2/t9-/m0/s1. The molecule has 5 heteroatoms. The molecule has 0 spiro atoms. The summed E-state index contributed by atoms with van der Waals surface area (Å²) in [4.78, 5) is 29.2. The van der Waals surface area contributed by atoms with Crippen LogP contribution in [0.1, 0.15) is 33.6 Å². The van der Waals surface area contributed by atoms with Gasteiger partial charge in [-0.15, -0.1) is 0 Å². The maximum absolute atomic E-state index is 12.3. The van der Waals surface area contributed by atoms with Crippen LogP contribution in [0.4, 0.5) is 5.69 Å². The molecule has 5 nitrogen and oxygen atoms in total. The van der Waals surface area contributed by atoms with Gasteiger partial charge in [-0.1, -0.05) is 0 Å². The minimum Gasteiger partial charge on any atom is -0.507 e. The van der Waals surface area contributed by atoms with E-state index in [4.69, 9.17) is 0 Å². The summed E-state index contributed by atoms with van der Waals surface area (Å²) >= 11 is 0. The summed E-state index contributed by atoms with van der Waals surface area (Å²) in [7, 11) is 0. The Balaban J connectivity index is 2.15. The maximum Gasteiger partial charge on any atom is 0.256 e. The summed E-state index contributed by atoms with van der Waals surface area (Å²) in [5.74, 6) is -0.260. The molecule has 2 aliphatic heterocycles. The molecule has 1 atom stereocenters. The van der Waals surface area contributed by atoms with Gasteiger partial charge in [0, 0.05) is 18.8 Å². The van der Waals surface area contributed by atoms with Crippen LogP contribution in [-0.4, -0.2) is 41.0 Å². The lowest BCUT2D eigenvalue weighted by Gasteiger charge is -2.19. The second-order valence-corrected chi connectivity index (χ2v) is 4.53. The van der Waals surface area contributed by atoms with Gasteiger partial charge in [-0.25, -0.2) is 0 Å². The number of hydrogen-bond acceptors (Lipinski definition) is 4. The van der Waals surface area contributed by atoms with Crippen LogP contribution in [0.2, 0.25) is 0 Å². The van der Waals surface area contributed by atoms with E-state index in [9.17, 15) is 14.7 Å². The number of phenolic OH excluding ortho intramolecular Hbond substituents is 1. The summed E-state index contributed by atoms with van der Waals surface area (Å²) in [6.07, 6.45) is 4.17. The van der Waals surface area contributed by atoms with Gasteiger partial charge < -0.3 is 10.0 Å². The highest BCUT2D eigenvalue weighted by Crippen LogP contribution is 2.32. The summed E-state index contributed by atoms with van der Waals surface area (Å²) in [6, 6.07) is 2.82. The Morgan fingerprint density at radius 3 is 3.06 bits per heavy atom. The summed E-state index contributed by atoms with van der Waals surface area (Å²) in [5.41, 5.74) is 0.933. The van der Waals surface area contributed by atoms with Crippen LogP contribution in [-0.2, 0) is 0 Å². The van der Waals surface area contributed by atoms with E-state index >= 15 is 0 Å². The van der Waals surface area contributed by atoms with Gasteiger partial charge in [0.1, 0.15) is 5.75 Å². The molecule has 0 radical (unpaired) electrons. The van der Waals surface area contributed by atoms with Gasteiger partial charge in [0.05, 0.1) is 22.9 Å². The highest BCUT2D eigenvalue weighted by atomic mass is 16.3. The number of aliphatic imine (C=N–C) groups is 1. The third-order valence-corrected chi connectivity index (χ3v) is 3.45. The van der Waals surface area contributed by atoms with Crippen molar-refractivity contribution in [2.75, 3.05) is 6.54 Å². The van der Waals surface area contributed by atoms with Crippen LogP contribution in [0.5, 0.6) is 5.75 Å². The lowest BCUT2D eigenvalue weighted by atomic mass is 10.1. The quantitative estimate of drug-likeness (QED) is 0.761. The fraction of sp³-hybridized carbons (Fsp3) is 0.308. The molecular weight excluding hydrogens is 232 g/mol. The lowest BCUT2D eigenvalue weighted by Crippen LogP contribution is -2.35. The number of hydrogen-bond donors (Lipinski definition) is 1. The average molecular weight is 244 g/mol. The molecule has 0 bridgehead atoms. The van der Waals surface area contributed by atoms with Crippen molar-refractivity contribution in [2.45, 2.75) is 18.9 Å². The topological polar surface area (TPSA) is 70.0 Å². The maximum atomic E-state index is 12.3. The van der Waals surface area contributed by atoms with Gasteiger partial charge in [0.15, 0.2) is 6.29 Å². The zero-order chi connectivity index (χ0) is 12.7. The zero-order valence-corrected chi connectivity index (χ0v) is 9.67. The van der Waals surface area contributed by atoms with Crippen molar-refractivity contribution in [3.63, 3.8) is 0 Å². The molecule has 0 saturated carbocycles. The minimum atomic E-state index is -0.143. The Hall–Kier alpha value is -2.17. The molecular formula is C13H12N2O3. The van der Waals surface area contributed by atoms with Crippen molar-refractivity contribution in [1.82, 2.24) is 4.90 Å². The molecule has 18 heavy (non-hydrogen) atoms. The van der Waals surface area contributed by atoms with Gasteiger partial charge in [-0.3, -0.25) is 14.6 Å². The number of aldehydes is 1. The van der Waals surface area contributed by atoms with Gasteiger partial charge in [0.25, 0.3) is 5.91 Å². The molecule has 0 aromatic heterocycles. The highest BCUT2D eigenvalue weighted by molar-refractivity contribution is 6.04. The van der Waals surface area contributed by atoms with E-state index in [1.807, 2.05) is 0 Å². The molecule has 1 N–H and O–H groups in total. The molecule has 1 aromatic carbocycles. The third-order valence-electron chi connectivity index (χ3n) is 3.45. The number of rotatable bonds is 1. The number of aromatic hydroxyl groups is 1. The van der Waals surface area contributed by atoms with Crippen LogP contribution >= 0.6 is 0 Å². The summed E-state index contributed by atoms with van der Waals surface area (Å²) < 4.78 is 0. The highest BCUT2D eigenvalue weighted by Gasteiger charge is 2.32. The van der Waals surface area contributed by atoms with Crippen molar-refractivity contribution in [1.29, 1.82) is 0 Å². The molecule has 0 unspecified atom stereocenters. The number of benzene rings is 1. The largest absolute Gasteiger partial charge is 0.507 e. The number of amides is 1. The normalized spacial score (nSPS) is 21.4. The van der Waals surface area contributed by atoms with E-state index in [0.29, 0.717) is 24.1 Å². The molecule has 92 valence electrons. The van der Waals surface area contributed by atoms with Gasteiger partial charge in [-0.2, -0.15) is 0 Å². The Bertz CT molecular complexity index is 566. The minimum absolute atomic E-state index is 0.0340. The van der Waals surface area contributed by atoms with Gasteiger partial charge >= 0.3 is 0 Å². The molecule has 2 heterocycles. The first kappa shape index (κ1) is 11.0. The monoisotopic (exact) mass is 244 g/mol. The molecule has 3 rings (SSSR count). The molecule has 0 aliphatic carbocycles. The third kappa shape index (κ3) is 1.51. The van der Waals surface area contributed by atoms with E-state index in [1.54, 1.807) is 11.1 Å². The lowest BCUT2D eigenvalue weighted by molar-refractivity contribution is 0.0775. The Kier molecular flexibility index (Phi) is 2.40. The fourth-order valence-corrected chi connectivity index (χ4v) is 2.49. The van der Waals surface area contributed by atoms with E-state index < -0.39 is 0 Å². The SMILES string of the molecule is O=Cc1cc2c(cc1O)N=C[C@@H]1CCCN1C2=O. The van der Waals surface area contributed by atoms with Crippen LogP contribution in [0.3, 0.4) is 0 Å². The van der Waals surface area contributed by atoms with Crippen LogP contribution < -0.4 is 0 Å². The molecule has 2 aliphatic rings. The first-order valence-electron chi connectivity index (χ1n) is 5.88. The van der Waals surface area contributed by atoms with Gasteiger partial charge in [-0.05, 0) is 18.9 Å². The van der Waals surface area contributed by atoms with E-state index in [1.165, 1.54) is 12.1 Å². The number of nitrogens with zero attached hydrogens (tertiary/aromatic N) is 2. The second-order valence-electron chi connectivity index (χ2n) is 4.53. The number of carbonyl (C=O) groups is 2. The molecule has 1 saturated heterocycles. The van der Waals surface area contributed by atoms with Crippen molar-refractivity contribution in [2.24, 2.45) is 4.99 Å². The first-order chi connectivity index (χ1) is 8.70. The predicted molar refractivity (Wildman–Crippen MR) is 65.7 cm³/mol. The summed E-state index contributed by atoms with van der Waals surface area (Å²) in [5, 5.41) is 9.62. The second kappa shape index (κ2) is 3.94. The Morgan fingerprint density at radius 1 is 1.44 bits per heavy atom. The van der Waals surface area contributed by atoms with Gasteiger partial charge in [0.2, 0.25) is 0 Å². The van der Waals surface area contributed by atoms with E-state index in [0.717, 1.165) is 12.8 Å². The van der Waals surface area contributed by atoms with Crippen molar-refractivity contribution < 1.29 is 14.7 Å². The van der Waals surface area contributed by atoms with Crippen LogP contribution in [0.15, 0.2) is 17.1 Å². The molecule has 1 fully saturated rings. The molecule has 1 aromatic rings. The zero-order valence-electron chi connectivity index (χ0n) is 9.67. The fourth-order valence-electron chi connectivity index (χ4n) is 2.49. The van der Waals surface area contributed by atoms with Crippen molar-refractivity contribution in [3.05, 3.63) is 23.3 Å². The summed E-state index contributed by atoms with van der Waals surface area (Å²) in [6.45, 7) is 0.715. The number of phenols is 1. The first-order valence-corrected chi connectivity index (χ1v) is 5.88. The number of fused-ring (bicyclic) bond motifs is 2. The van der Waals surface area contributed by atoms with E-state index in [2.05, 4.69) is 4.99 Å². The molecule has 1 amide bonds. The van der Waals surface area contributed by atoms with Crippen LogP contribution in [0, 0.1) is 0 Å². The predicted octanol–water partition coefficient (Wildman–Crippen LogP) is 1.53.